The Labute approximate surface area is 171 Å². The zero-order valence-corrected chi connectivity index (χ0v) is 18.2. The molecule has 2 aromatic rings. The minimum absolute atomic E-state index is 0.0340. The Bertz CT molecular complexity index is 1030. The second-order valence-corrected chi connectivity index (χ2v) is 8.72. The van der Waals surface area contributed by atoms with Crippen LogP contribution < -0.4 is 0 Å². The average molecular weight is 419 g/mol. The van der Waals surface area contributed by atoms with Gasteiger partial charge in [-0.2, -0.15) is 0 Å². The molecule has 0 saturated heterocycles. The standard InChI is InChI=1S/C21H25NO6S/c1-13-11-15(3)19(12-14(13)2)20(23)16(4)28-21(24)17-7-9-18(10-8-17)29(25,26)22(5)27-6/h7-12,16H,1-6H3/t16-/m0/s1. The highest BCUT2D eigenvalue weighted by Crippen LogP contribution is 2.19. The number of ether oxygens (including phenoxy) is 1. The van der Waals surface area contributed by atoms with E-state index in [1.165, 1.54) is 45.3 Å². The molecule has 2 aromatic carbocycles. The Morgan fingerprint density at radius 1 is 0.966 bits per heavy atom. The Kier molecular flexibility index (Phi) is 6.94. The second kappa shape index (κ2) is 8.86. The summed E-state index contributed by atoms with van der Waals surface area (Å²) in [5, 5.41) is 0. The van der Waals surface area contributed by atoms with Gasteiger partial charge in [-0.05, 0) is 74.7 Å². The third kappa shape index (κ3) is 4.90. The van der Waals surface area contributed by atoms with E-state index in [2.05, 4.69) is 0 Å². The molecule has 29 heavy (non-hydrogen) atoms. The first-order chi connectivity index (χ1) is 13.5. The Hall–Kier alpha value is -2.55. The van der Waals surface area contributed by atoms with E-state index in [4.69, 9.17) is 9.57 Å². The van der Waals surface area contributed by atoms with Gasteiger partial charge in [0.2, 0.25) is 5.78 Å². The van der Waals surface area contributed by atoms with Gasteiger partial charge in [0.05, 0.1) is 17.6 Å². The molecule has 156 valence electrons. The summed E-state index contributed by atoms with van der Waals surface area (Å²) in [4.78, 5) is 29.8. The van der Waals surface area contributed by atoms with E-state index < -0.39 is 22.1 Å². The summed E-state index contributed by atoms with van der Waals surface area (Å²) in [6.07, 6.45) is -0.980. The van der Waals surface area contributed by atoms with Crippen molar-refractivity contribution in [3.63, 3.8) is 0 Å². The maximum atomic E-state index is 12.7. The number of aryl methyl sites for hydroxylation is 3. The molecule has 0 saturated carbocycles. The molecule has 0 N–H and O–H groups in total. The largest absolute Gasteiger partial charge is 0.451 e. The summed E-state index contributed by atoms with van der Waals surface area (Å²) in [5.74, 6) is -1.00. The van der Waals surface area contributed by atoms with E-state index in [1.807, 2.05) is 26.8 Å². The van der Waals surface area contributed by atoms with Crippen LogP contribution in [0.5, 0.6) is 0 Å². The SMILES string of the molecule is CON(C)S(=O)(=O)c1ccc(C(=O)O[C@@H](C)C(=O)c2cc(C)c(C)cc2C)cc1. The monoisotopic (exact) mass is 419 g/mol. The van der Waals surface area contributed by atoms with Crippen LogP contribution in [0.2, 0.25) is 0 Å². The average Bonchev–Trinajstić information content (AvgIpc) is 2.69. The smallest absolute Gasteiger partial charge is 0.338 e. The van der Waals surface area contributed by atoms with Crippen molar-refractivity contribution in [2.75, 3.05) is 14.2 Å². The number of benzene rings is 2. The van der Waals surface area contributed by atoms with Crippen LogP contribution in [0.1, 0.15) is 44.3 Å². The predicted molar refractivity (Wildman–Crippen MR) is 108 cm³/mol. The highest BCUT2D eigenvalue weighted by molar-refractivity contribution is 7.89. The topological polar surface area (TPSA) is 90.0 Å². The van der Waals surface area contributed by atoms with Crippen LogP contribution in [0.4, 0.5) is 0 Å². The van der Waals surface area contributed by atoms with Crippen LogP contribution in [-0.4, -0.2) is 44.9 Å². The number of Topliss-reactive ketones (excluding diaryl/α,β-unsaturated/α-hetero) is 1. The van der Waals surface area contributed by atoms with Crippen LogP contribution >= 0.6 is 0 Å². The molecule has 2 rings (SSSR count). The van der Waals surface area contributed by atoms with Crippen LogP contribution in [0.15, 0.2) is 41.3 Å². The van der Waals surface area contributed by atoms with Gasteiger partial charge in [-0.3, -0.25) is 9.63 Å². The van der Waals surface area contributed by atoms with E-state index in [0.717, 1.165) is 16.7 Å². The lowest BCUT2D eigenvalue weighted by Gasteiger charge is -2.16. The molecule has 0 fully saturated rings. The molecule has 8 heteroatoms. The Balaban J connectivity index is 2.16. The lowest BCUT2D eigenvalue weighted by atomic mass is 9.96. The zero-order valence-electron chi connectivity index (χ0n) is 17.3. The Morgan fingerprint density at radius 2 is 1.52 bits per heavy atom. The quantitative estimate of drug-likeness (QED) is 0.389. The van der Waals surface area contributed by atoms with Crippen molar-refractivity contribution in [3.05, 3.63) is 64.2 Å². The maximum Gasteiger partial charge on any atom is 0.338 e. The summed E-state index contributed by atoms with van der Waals surface area (Å²) in [7, 11) is -1.31. The number of ketones is 1. The first-order valence-corrected chi connectivity index (χ1v) is 10.4. The number of hydrogen-bond donors (Lipinski definition) is 0. The molecule has 0 radical (unpaired) electrons. The Morgan fingerprint density at radius 3 is 2.07 bits per heavy atom. The fourth-order valence-corrected chi connectivity index (χ4v) is 3.71. The second-order valence-electron chi connectivity index (χ2n) is 6.78. The van der Waals surface area contributed by atoms with E-state index in [1.54, 1.807) is 6.07 Å². The number of nitrogens with zero attached hydrogens (tertiary/aromatic N) is 1. The third-order valence-electron chi connectivity index (χ3n) is 4.74. The van der Waals surface area contributed by atoms with Crippen molar-refractivity contribution >= 4 is 21.8 Å². The van der Waals surface area contributed by atoms with Crippen molar-refractivity contribution in [2.24, 2.45) is 0 Å². The first kappa shape index (κ1) is 22.7. The van der Waals surface area contributed by atoms with Crippen LogP contribution in [0, 0.1) is 20.8 Å². The van der Waals surface area contributed by atoms with E-state index in [9.17, 15) is 18.0 Å². The fraction of sp³-hybridized carbons (Fsp3) is 0.333. The lowest BCUT2D eigenvalue weighted by Crippen LogP contribution is -2.26. The van der Waals surface area contributed by atoms with Gasteiger partial charge in [0, 0.05) is 12.6 Å². The van der Waals surface area contributed by atoms with Crippen LogP contribution in [-0.2, 0) is 19.6 Å². The highest BCUT2D eigenvalue weighted by atomic mass is 32.2. The molecule has 0 unspecified atom stereocenters. The molecule has 7 nitrogen and oxygen atoms in total. The molecule has 0 spiro atoms. The number of sulfonamides is 1. The highest BCUT2D eigenvalue weighted by Gasteiger charge is 2.24. The van der Waals surface area contributed by atoms with E-state index in [0.29, 0.717) is 10.0 Å². The van der Waals surface area contributed by atoms with Gasteiger partial charge in [-0.15, -0.1) is 0 Å². The molecule has 0 aromatic heterocycles. The molecule has 0 heterocycles. The van der Waals surface area contributed by atoms with Gasteiger partial charge in [0.25, 0.3) is 10.0 Å². The van der Waals surface area contributed by atoms with Gasteiger partial charge < -0.3 is 4.74 Å². The molecule has 0 bridgehead atoms. The molecule has 1 atom stereocenters. The van der Waals surface area contributed by atoms with E-state index in [-0.39, 0.29) is 16.2 Å². The van der Waals surface area contributed by atoms with Gasteiger partial charge in [-0.25, -0.2) is 13.2 Å². The number of rotatable bonds is 7. The number of hydrogen-bond acceptors (Lipinski definition) is 6. The van der Waals surface area contributed by atoms with Crippen molar-refractivity contribution in [1.29, 1.82) is 0 Å². The summed E-state index contributed by atoms with van der Waals surface area (Å²) >= 11 is 0. The van der Waals surface area contributed by atoms with Gasteiger partial charge in [0.1, 0.15) is 0 Å². The normalized spacial score (nSPS) is 12.7. The summed E-state index contributed by atoms with van der Waals surface area (Å²) in [6, 6.07) is 8.94. The van der Waals surface area contributed by atoms with Gasteiger partial charge in [0.15, 0.2) is 6.10 Å². The minimum Gasteiger partial charge on any atom is -0.451 e. The molecular weight excluding hydrogens is 394 g/mol. The third-order valence-corrected chi connectivity index (χ3v) is 6.44. The zero-order chi connectivity index (χ0) is 21.9. The predicted octanol–water partition coefficient (Wildman–Crippen LogP) is 3.22. The van der Waals surface area contributed by atoms with Gasteiger partial charge in [-0.1, -0.05) is 10.5 Å². The summed E-state index contributed by atoms with van der Waals surface area (Å²) < 4.78 is 30.4. The van der Waals surface area contributed by atoms with Crippen molar-refractivity contribution in [2.45, 2.75) is 38.7 Å². The van der Waals surface area contributed by atoms with Crippen molar-refractivity contribution < 1.29 is 27.6 Å². The first-order valence-electron chi connectivity index (χ1n) is 8.95. The molecule has 0 aliphatic heterocycles. The lowest BCUT2D eigenvalue weighted by molar-refractivity contribution is -0.0258. The fourth-order valence-electron chi connectivity index (χ4n) is 2.74. The van der Waals surface area contributed by atoms with Crippen LogP contribution in [0.3, 0.4) is 0 Å². The van der Waals surface area contributed by atoms with Gasteiger partial charge >= 0.3 is 5.97 Å². The number of hydroxylamine groups is 1. The maximum absolute atomic E-state index is 12.7. The van der Waals surface area contributed by atoms with Crippen molar-refractivity contribution in [3.8, 4) is 0 Å². The minimum atomic E-state index is -3.81. The van der Waals surface area contributed by atoms with Crippen molar-refractivity contribution in [1.82, 2.24) is 4.47 Å². The van der Waals surface area contributed by atoms with Crippen LogP contribution in [0.25, 0.3) is 0 Å². The molecule has 0 aliphatic carbocycles. The number of esters is 1. The van der Waals surface area contributed by atoms with E-state index >= 15 is 0 Å². The molecule has 0 aliphatic rings. The number of carbonyl (C=O) groups is 2. The summed E-state index contributed by atoms with van der Waals surface area (Å²) in [6.45, 7) is 7.23. The molecule has 0 amide bonds. The molecular formula is C21H25NO6S. The summed E-state index contributed by atoms with van der Waals surface area (Å²) in [5.41, 5.74) is 3.53. The number of carbonyl (C=O) groups excluding carboxylic acids is 2.